The minimum atomic E-state index is 0.392. The fourth-order valence-corrected chi connectivity index (χ4v) is 4.39. The van der Waals surface area contributed by atoms with Crippen molar-refractivity contribution in [1.82, 2.24) is 5.32 Å². The first-order chi connectivity index (χ1) is 11.5. The van der Waals surface area contributed by atoms with Crippen LogP contribution in [0.25, 0.3) is 0 Å². The Labute approximate surface area is 161 Å². The average Bonchev–Trinajstić information content (AvgIpc) is 2.57. The first kappa shape index (κ1) is 25.0. The van der Waals surface area contributed by atoms with Crippen LogP contribution in [0.2, 0.25) is 0 Å². The summed E-state index contributed by atoms with van der Waals surface area (Å²) in [5.41, 5.74) is 0.831. The maximum atomic E-state index is 3.89. The lowest BCUT2D eigenvalue weighted by molar-refractivity contribution is 0.0509. The highest BCUT2D eigenvalue weighted by atomic mass is 14.9. The van der Waals surface area contributed by atoms with E-state index < -0.39 is 0 Å². The molecule has 0 rings (SSSR count). The zero-order chi connectivity index (χ0) is 19.7. The topological polar surface area (TPSA) is 12.0 Å². The molecule has 0 saturated heterocycles. The van der Waals surface area contributed by atoms with Gasteiger partial charge >= 0.3 is 0 Å². The van der Waals surface area contributed by atoms with Crippen molar-refractivity contribution in [3.63, 3.8) is 0 Å². The Balaban J connectivity index is 4.44. The summed E-state index contributed by atoms with van der Waals surface area (Å²) < 4.78 is 0. The van der Waals surface area contributed by atoms with Crippen molar-refractivity contribution in [2.75, 3.05) is 6.54 Å². The van der Waals surface area contributed by atoms with E-state index in [1.165, 1.54) is 44.9 Å². The molecule has 1 N–H and O–H groups in total. The van der Waals surface area contributed by atoms with Crippen LogP contribution in [0, 0.1) is 28.6 Å². The molecule has 0 fully saturated rings. The molecule has 3 atom stereocenters. The van der Waals surface area contributed by atoms with Crippen molar-refractivity contribution >= 4 is 0 Å². The average molecular weight is 354 g/mol. The van der Waals surface area contributed by atoms with Gasteiger partial charge in [-0.05, 0) is 54.8 Å². The largest absolute Gasteiger partial charge is 0.314 e. The number of nitrogens with one attached hydrogen (secondary N) is 1. The Hall–Kier alpha value is -0.0400. The zero-order valence-electron chi connectivity index (χ0n) is 19.5. The third kappa shape index (κ3) is 8.02. The van der Waals surface area contributed by atoms with Gasteiger partial charge in [-0.15, -0.1) is 0 Å². The van der Waals surface area contributed by atoms with Crippen molar-refractivity contribution in [3.05, 3.63) is 0 Å². The van der Waals surface area contributed by atoms with Crippen molar-refractivity contribution in [3.8, 4) is 0 Å². The SMILES string of the molecule is CCC(C)(CC)C(C)(CC)CNC(C)CCCC(CC(C)C)C(C)C. The first-order valence-electron chi connectivity index (χ1n) is 11.3. The van der Waals surface area contributed by atoms with E-state index in [4.69, 9.17) is 0 Å². The lowest BCUT2D eigenvalue weighted by Gasteiger charge is -2.46. The summed E-state index contributed by atoms with van der Waals surface area (Å²) in [4.78, 5) is 0. The molecule has 0 aromatic carbocycles. The first-order valence-corrected chi connectivity index (χ1v) is 11.3. The molecule has 25 heavy (non-hydrogen) atoms. The van der Waals surface area contributed by atoms with Crippen LogP contribution in [0.1, 0.15) is 114 Å². The molecule has 0 heterocycles. The molecular weight excluding hydrogens is 302 g/mol. The molecule has 0 saturated carbocycles. The second-order valence-electron chi connectivity index (χ2n) is 10.0. The van der Waals surface area contributed by atoms with E-state index in [0.717, 1.165) is 24.3 Å². The van der Waals surface area contributed by atoms with Gasteiger partial charge in [0.15, 0.2) is 0 Å². The van der Waals surface area contributed by atoms with Crippen molar-refractivity contribution < 1.29 is 0 Å². The molecule has 0 aromatic rings. The van der Waals surface area contributed by atoms with Gasteiger partial charge in [0.2, 0.25) is 0 Å². The summed E-state index contributed by atoms with van der Waals surface area (Å²) in [6.45, 7) is 25.2. The van der Waals surface area contributed by atoms with Crippen LogP contribution in [0.3, 0.4) is 0 Å². The van der Waals surface area contributed by atoms with Crippen LogP contribution >= 0.6 is 0 Å². The molecule has 0 radical (unpaired) electrons. The molecule has 0 aliphatic carbocycles. The summed E-state index contributed by atoms with van der Waals surface area (Å²) in [6, 6.07) is 0.635. The third-order valence-electron chi connectivity index (χ3n) is 7.57. The van der Waals surface area contributed by atoms with Crippen LogP contribution in [-0.2, 0) is 0 Å². The number of hydrogen-bond donors (Lipinski definition) is 1. The second-order valence-corrected chi connectivity index (χ2v) is 10.0. The van der Waals surface area contributed by atoms with Gasteiger partial charge in [-0.2, -0.15) is 0 Å². The van der Waals surface area contributed by atoms with E-state index in [2.05, 4.69) is 74.6 Å². The minimum absolute atomic E-state index is 0.392. The Morgan fingerprint density at radius 1 is 0.760 bits per heavy atom. The summed E-state index contributed by atoms with van der Waals surface area (Å²) in [6.07, 6.45) is 9.27. The van der Waals surface area contributed by atoms with E-state index in [1.54, 1.807) is 0 Å². The zero-order valence-corrected chi connectivity index (χ0v) is 19.5. The maximum absolute atomic E-state index is 3.89. The van der Waals surface area contributed by atoms with Gasteiger partial charge in [-0.3, -0.25) is 0 Å². The highest BCUT2D eigenvalue weighted by Crippen LogP contribution is 2.46. The van der Waals surface area contributed by atoms with Gasteiger partial charge in [-0.1, -0.05) is 88.0 Å². The fourth-order valence-electron chi connectivity index (χ4n) is 4.39. The Morgan fingerprint density at radius 3 is 1.68 bits per heavy atom. The molecule has 3 unspecified atom stereocenters. The minimum Gasteiger partial charge on any atom is -0.314 e. The van der Waals surface area contributed by atoms with Crippen LogP contribution < -0.4 is 5.32 Å². The highest BCUT2D eigenvalue weighted by Gasteiger charge is 2.40. The van der Waals surface area contributed by atoms with Gasteiger partial charge in [0.25, 0.3) is 0 Å². The van der Waals surface area contributed by atoms with Crippen LogP contribution in [0.15, 0.2) is 0 Å². The predicted octanol–water partition coefficient (Wildman–Crippen LogP) is 7.70. The van der Waals surface area contributed by atoms with E-state index >= 15 is 0 Å². The Bertz CT molecular complexity index is 329. The van der Waals surface area contributed by atoms with Gasteiger partial charge in [0.05, 0.1) is 0 Å². The molecular formula is C24H51N. The summed E-state index contributed by atoms with van der Waals surface area (Å²) in [5.74, 6) is 2.55. The molecule has 0 amide bonds. The van der Waals surface area contributed by atoms with Gasteiger partial charge in [0.1, 0.15) is 0 Å². The monoisotopic (exact) mass is 353 g/mol. The van der Waals surface area contributed by atoms with Crippen molar-refractivity contribution in [2.24, 2.45) is 28.6 Å². The summed E-state index contributed by atoms with van der Waals surface area (Å²) in [7, 11) is 0. The molecule has 0 aliphatic rings. The number of rotatable bonds is 14. The lowest BCUT2D eigenvalue weighted by Crippen LogP contribution is -2.46. The van der Waals surface area contributed by atoms with Gasteiger partial charge in [-0.25, -0.2) is 0 Å². The molecule has 0 bridgehead atoms. The van der Waals surface area contributed by atoms with Crippen LogP contribution in [0.5, 0.6) is 0 Å². The molecule has 1 nitrogen and oxygen atoms in total. The Morgan fingerprint density at radius 2 is 1.28 bits per heavy atom. The normalized spacial score (nSPS) is 17.8. The molecule has 152 valence electrons. The van der Waals surface area contributed by atoms with Crippen molar-refractivity contribution in [2.45, 2.75) is 120 Å². The molecule has 1 heteroatoms. The van der Waals surface area contributed by atoms with E-state index in [-0.39, 0.29) is 0 Å². The van der Waals surface area contributed by atoms with Gasteiger partial charge < -0.3 is 5.32 Å². The standard InChI is InChI=1S/C24H51N/c1-11-23(9,12-2)24(10,13-3)18-25-21(8)15-14-16-22(20(6)7)17-19(4)5/h19-22,25H,11-18H2,1-10H3. The van der Waals surface area contributed by atoms with E-state index in [0.29, 0.717) is 16.9 Å². The molecule has 0 aromatic heterocycles. The predicted molar refractivity (Wildman–Crippen MR) is 116 cm³/mol. The van der Waals surface area contributed by atoms with E-state index in [9.17, 15) is 0 Å². The molecule has 0 aliphatic heterocycles. The smallest absolute Gasteiger partial charge is 0.00389 e. The maximum Gasteiger partial charge on any atom is 0.00389 e. The number of hydrogen-bond acceptors (Lipinski definition) is 1. The third-order valence-corrected chi connectivity index (χ3v) is 7.57. The quantitative estimate of drug-likeness (QED) is 0.337. The van der Waals surface area contributed by atoms with Crippen LogP contribution in [0.4, 0.5) is 0 Å². The van der Waals surface area contributed by atoms with Crippen molar-refractivity contribution in [1.29, 1.82) is 0 Å². The van der Waals surface area contributed by atoms with E-state index in [1.807, 2.05) is 0 Å². The van der Waals surface area contributed by atoms with Crippen LogP contribution in [-0.4, -0.2) is 12.6 Å². The Kier molecular flexibility index (Phi) is 11.6. The second kappa shape index (κ2) is 11.6. The summed E-state index contributed by atoms with van der Waals surface area (Å²) in [5, 5.41) is 3.89. The summed E-state index contributed by atoms with van der Waals surface area (Å²) >= 11 is 0. The van der Waals surface area contributed by atoms with Gasteiger partial charge in [0, 0.05) is 12.6 Å². The lowest BCUT2D eigenvalue weighted by atomic mass is 9.61. The highest BCUT2D eigenvalue weighted by molar-refractivity contribution is 4.92. The fraction of sp³-hybridized carbons (Fsp3) is 1.00. The molecule has 0 spiro atoms.